The SMILES string of the molecule is COCCNc1nc(-c2cccnc2)nc2c(OC)cc(-c3cccc(F)c3F)cc12. The summed E-state index contributed by atoms with van der Waals surface area (Å²) in [5.41, 5.74) is 1.85. The van der Waals surface area contributed by atoms with Gasteiger partial charge in [0.05, 0.1) is 13.7 Å². The van der Waals surface area contributed by atoms with Crippen LogP contribution in [-0.2, 0) is 4.74 Å². The van der Waals surface area contributed by atoms with Crippen molar-refractivity contribution in [2.45, 2.75) is 0 Å². The highest BCUT2D eigenvalue weighted by molar-refractivity contribution is 5.97. The number of nitrogens with one attached hydrogen (secondary N) is 1. The highest BCUT2D eigenvalue weighted by Crippen LogP contribution is 2.36. The number of methoxy groups -OCH3 is 2. The number of rotatable bonds is 7. The van der Waals surface area contributed by atoms with Crippen LogP contribution in [0.25, 0.3) is 33.4 Å². The molecular weight excluding hydrogens is 402 g/mol. The van der Waals surface area contributed by atoms with Gasteiger partial charge in [0.1, 0.15) is 17.1 Å². The van der Waals surface area contributed by atoms with Gasteiger partial charge in [-0.1, -0.05) is 12.1 Å². The summed E-state index contributed by atoms with van der Waals surface area (Å²) in [6, 6.07) is 11.1. The zero-order valence-corrected chi connectivity index (χ0v) is 17.0. The monoisotopic (exact) mass is 422 g/mol. The third-order valence-electron chi connectivity index (χ3n) is 4.77. The summed E-state index contributed by atoms with van der Waals surface area (Å²) in [5, 5.41) is 3.85. The zero-order valence-electron chi connectivity index (χ0n) is 17.0. The average Bonchev–Trinajstić information content (AvgIpc) is 2.80. The number of aromatic nitrogens is 3. The van der Waals surface area contributed by atoms with Crippen LogP contribution >= 0.6 is 0 Å². The molecule has 4 rings (SSSR count). The minimum absolute atomic E-state index is 0.124. The molecule has 0 bridgehead atoms. The molecule has 0 saturated carbocycles. The van der Waals surface area contributed by atoms with Gasteiger partial charge in [-0.05, 0) is 35.9 Å². The molecule has 1 N–H and O–H groups in total. The maximum Gasteiger partial charge on any atom is 0.166 e. The first-order valence-electron chi connectivity index (χ1n) is 9.59. The van der Waals surface area contributed by atoms with Crippen LogP contribution < -0.4 is 10.1 Å². The summed E-state index contributed by atoms with van der Waals surface area (Å²) >= 11 is 0. The second kappa shape index (κ2) is 9.01. The normalized spacial score (nSPS) is 11.0. The van der Waals surface area contributed by atoms with Gasteiger partial charge >= 0.3 is 0 Å². The standard InChI is InChI=1S/C23H20F2N4O2/c1-30-10-9-27-23-17-11-15(16-6-3-7-18(24)20(16)25)12-19(31-2)21(17)28-22(29-23)14-5-4-8-26-13-14/h3-8,11-13H,9-10H2,1-2H3,(H,27,28,29). The van der Waals surface area contributed by atoms with Crippen molar-refractivity contribution < 1.29 is 18.3 Å². The minimum Gasteiger partial charge on any atom is -0.494 e. The Labute approximate surface area is 177 Å². The molecule has 0 fully saturated rings. The summed E-state index contributed by atoms with van der Waals surface area (Å²) in [4.78, 5) is 13.4. The van der Waals surface area contributed by atoms with Gasteiger partial charge in [-0.15, -0.1) is 0 Å². The lowest BCUT2D eigenvalue weighted by molar-refractivity contribution is 0.210. The van der Waals surface area contributed by atoms with Gasteiger partial charge in [0.2, 0.25) is 0 Å². The van der Waals surface area contributed by atoms with Crippen LogP contribution in [0, 0.1) is 11.6 Å². The number of hydrogen-bond acceptors (Lipinski definition) is 6. The predicted molar refractivity (Wildman–Crippen MR) is 115 cm³/mol. The van der Waals surface area contributed by atoms with Crippen molar-refractivity contribution in [2.24, 2.45) is 0 Å². The van der Waals surface area contributed by atoms with Crippen molar-refractivity contribution in [1.82, 2.24) is 15.0 Å². The molecule has 0 atom stereocenters. The van der Waals surface area contributed by atoms with Crippen molar-refractivity contribution in [3.05, 3.63) is 66.5 Å². The second-order valence-electron chi connectivity index (χ2n) is 6.73. The van der Waals surface area contributed by atoms with Crippen LogP contribution in [0.5, 0.6) is 5.75 Å². The van der Waals surface area contributed by atoms with Crippen LogP contribution in [0.2, 0.25) is 0 Å². The van der Waals surface area contributed by atoms with Crippen LogP contribution in [0.3, 0.4) is 0 Å². The largest absolute Gasteiger partial charge is 0.494 e. The van der Waals surface area contributed by atoms with E-state index in [1.165, 1.54) is 19.2 Å². The Bertz CT molecular complexity index is 1220. The quantitative estimate of drug-likeness (QED) is 0.435. The van der Waals surface area contributed by atoms with Crippen molar-refractivity contribution in [3.63, 3.8) is 0 Å². The molecule has 0 aliphatic rings. The van der Waals surface area contributed by atoms with Crippen molar-refractivity contribution >= 4 is 16.7 Å². The number of anilines is 1. The molecule has 0 aliphatic heterocycles. The first kappa shape index (κ1) is 20.6. The molecule has 6 nitrogen and oxygen atoms in total. The van der Waals surface area contributed by atoms with E-state index in [1.54, 1.807) is 37.7 Å². The minimum atomic E-state index is -0.925. The number of nitrogens with zero attached hydrogens (tertiary/aromatic N) is 3. The second-order valence-corrected chi connectivity index (χ2v) is 6.73. The number of hydrogen-bond donors (Lipinski definition) is 1. The highest BCUT2D eigenvalue weighted by atomic mass is 19.2. The van der Waals surface area contributed by atoms with Gasteiger partial charge in [0.25, 0.3) is 0 Å². The Morgan fingerprint density at radius 2 is 1.87 bits per heavy atom. The maximum absolute atomic E-state index is 14.5. The fourth-order valence-electron chi connectivity index (χ4n) is 3.27. The third-order valence-corrected chi connectivity index (χ3v) is 4.77. The van der Waals surface area contributed by atoms with Gasteiger partial charge in [0.15, 0.2) is 17.5 Å². The molecular formula is C23H20F2N4O2. The number of pyridine rings is 1. The van der Waals surface area contributed by atoms with Crippen molar-refractivity contribution in [2.75, 3.05) is 32.7 Å². The number of fused-ring (bicyclic) bond motifs is 1. The van der Waals surface area contributed by atoms with Crippen molar-refractivity contribution in [3.8, 4) is 28.3 Å². The molecule has 2 aromatic carbocycles. The number of ether oxygens (including phenoxy) is 2. The Morgan fingerprint density at radius 3 is 2.61 bits per heavy atom. The molecule has 0 amide bonds. The molecule has 0 spiro atoms. The average molecular weight is 422 g/mol. The van der Waals surface area contributed by atoms with E-state index in [2.05, 4.69) is 20.3 Å². The lowest BCUT2D eigenvalue weighted by Gasteiger charge is -2.15. The molecule has 2 heterocycles. The van der Waals surface area contributed by atoms with E-state index in [0.717, 1.165) is 11.6 Å². The third kappa shape index (κ3) is 4.15. The van der Waals surface area contributed by atoms with E-state index in [1.807, 2.05) is 6.07 Å². The molecule has 0 radical (unpaired) electrons. The fourth-order valence-corrected chi connectivity index (χ4v) is 3.27. The lowest BCUT2D eigenvalue weighted by atomic mass is 10.0. The number of benzene rings is 2. The van der Waals surface area contributed by atoms with Crippen LogP contribution in [0.15, 0.2) is 54.9 Å². The molecule has 8 heteroatoms. The molecule has 0 aliphatic carbocycles. The van der Waals surface area contributed by atoms with Gasteiger partial charge in [-0.3, -0.25) is 4.98 Å². The van der Waals surface area contributed by atoms with Gasteiger partial charge in [0, 0.05) is 42.6 Å². The van der Waals surface area contributed by atoms with E-state index >= 15 is 0 Å². The Morgan fingerprint density at radius 1 is 1.00 bits per heavy atom. The molecule has 2 aromatic heterocycles. The van der Waals surface area contributed by atoms with Crippen LogP contribution in [0.4, 0.5) is 14.6 Å². The maximum atomic E-state index is 14.5. The first-order chi connectivity index (χ1) is 15.1. The highest BCUT2D eigenvalue weighted by Gasteiger charge is 2.18. The summed E-state index contributed by atoms with van der Waals surface area (Å²) in [6.45, 7) is 0.957. The predicted octanol–water partition coefficient (Wildman–Crippen LogP) is 4.70. The Balaban J connectivity index is 1.95. The van der Waals surface area contributed by atoms with E-state index in [0.29, 0.717) is 47.0 Å². The van der Waals surface area contributed by atoms with Crippen LogP contribution in [0.1, 0.15) is 0 Å². The zero-order chi connectivity index (χ0) is 21.8. The summed E-state index contributed by atoms with van der Waals surface area (Å²) < 4.78 is 39.0. The Hall–Kier alpha value is -3.65. The molecule has 0 unspecified atom stereocenters. The lowest BCUT2D eigenvalue weighted by Crippen LogP contribution is -2.10. The van der Waals surface area contributed by atoms with Gasteiger partial charge in [-0.2, -0.15) is 0 Å². The van der Waals surface area contributed by atoms with Crippen molar-refractivity contribution in [1.29, 1.82) is 0 Å². The number of halogens is 2. The van der Waals surface area contributed by atoms with E-state index < -0.39 is 11.6 Å². The molecule has 4 aromatic rings. The van der Waals surface area contributed by atoms with Crippen LogP contribution in [-0.4, -0.2) is 42.3 Å². The van der Waals surface area contributed by atoms with E-state index in [9.17, 15) is 8.78 Å². The summed E-state index contributed by atoms with van der Waals surface area (Å²) in [6.07, 6.45) is 3.34. The summed E-state index contributed by atoms with van der Waals surface area (Å²) in [5.74, 6) is -0.441. The topological polar surface area (TPSA) is 69.2 Å². The van der Waals surface area contributed by atoms with Gasteiger partial charge in [-0.25, -0.2) is 18.7 Å². The molecule has 31 heavy (non-hydrogen) atoms. The smallest absolute Gasteiger partial charge is 0.166 e. The van der Waals surface area contributed by atoms with E-state index in [4.69, 9.17) is 9.47 Å². The van der Waals surface area contributed by atoms with Gasteiger partial charge < -0.3 is 14.8 Å². The first-order valence-corrected chi connectivity index (χ1v) is 9.59. The molecule has 158 valence electrons. The fraction of sp³-hybridized carbons (Fsp3) is 0.174. The summed E-state index contributed by atoms with van der Waals surface area (Å²) in [7, 11) is 3.11. The van der Waals surface area contributed by atoms with E-state index in [-0.39, 0.29) is 5.56 Å². The Kier molecular flexibility index (Phi) is 5.99. The molecule has 0 saturated heterocycles.